The number of fused-ring (bicyclic) bond motifs is 1. The Hall–Kier alpha value is -1.24. The van der Waals surface area contributed by atoms with Crippen LogP contribution in [0.2, 0.25) is 15.6 Å². The van der Waals surface area contributed by atoms with Gasteiger partial charge in [0.05, 0.1) is 0 Å². The molecule has 2 heteroatoms. The third kappa shape index (κ3) is 2.52. The van der Waals surface area contributed by atoms with Gasteiger partial charge in [-0.3, -0.25) is 0 Å². The fourth-order valence-corrected chi connectivity index (χ4v) is 18.8. The summed E-state index contributed by atoms with van der Waals surface area (Å²) in [5.74, 6) is 0. The van der Waals surface area contributed by atoms with Gasteiger partial charge in [-0.1, -0.05) is 0 Å². The molecule has 2 aliphatic carbocycles. The van der Waals surface area contributed by atoms with E-state index in [4.69, 9.17) is 0 Å². The summed E-state index contributed by atoms with van der Waals surface area (Å²) in [6, 6.07) is 20.5. The van der Waals surface area contributed by atoms with Gasteiger partial charge in [0.25, 0.3) is 0 Å². The van der Waals surface area contributed by atoms with Crippen LogP contribution in [-0.4, -0.2) is 8.07 Å². The van der Waals surface area contributed by atoms with Crippen LogP contribution in [0.15, 0.2) is 84.1 Å². The summed E-state index contributed by atoms with van der Waals surface area (Å²) in [6.45, 7) is 10.3. The van der Waals surface area contributed by atoms with Crippen LogP contribution in [0.3, 0.4) is 0 Å². The Morgan fingerprint density at radius 1 is 0.828 bits per heavy atom. The van der Waals surface area contributed by atoms with Crippen molar-refractivity contribution in [2.24, 2.45) is 0 Å². The topological polar surface area (TPSA) is 0 Å². The summed E-state index contributed by atoms with van der Waals surface area (Å²) in [5, 5.41) is 2.63. The maximum atomic E-state index is 2.58. The molecule has 0 amide bonds. The first-order valence-electron chi connectivity index (χ1n) is 10.8. The van der Waals surface area contributed by atoms with Crippen molar-refractivity contribution in [3.8, 4) is 0 Å². The first kappa shape index (κ1) is 19.7. The molecule has 0 saturated carbocycles. The molecule has 0 aromatic heterocycles. The molecule has 5 rings (SSSR count). The Morgan fingerprint density at radius 2 is 1.41 bits per heavy atom. The zero-order chi connectivity index (χ0) is 20.4. The van der Waals surface area contributed by atoms with Gasteiger partial charge in [-0.15, -0.1) is 0 Å². The van der Waals surface area contributed by atoms with E-state index in [1.165, 1.54) is 17.5 Å². The van der Waals surface area contributed by atoms with Crippen LogP contribution in [0.5, 0.6) is 0 Å². The molecule has 3 aliphatic rings. The summed E-state index contributed by atoms with van der Waals surface area (Å²) in [5.41, 5.74) is 6.65. The molecule has 1 aliphatic heterocycles. The summed E-state index contributed by atoms with van der Waals surface area (Å²) in [4.78, 5) is 0. The molecule has 145 valence electrons. The van der Waals surface area contributed by atoms with Crippen molar-refractivity contribution in [2.75, 3.05) is 0 Å². The van der Waals surface area contributed by atoms with E-state index in [1.807, 2.05) is 5.20 Å². The van der Waals surface area contributed by atoms with Crippen molar-refractivity contribution in [3.63, 3.8) is 0 Å². The number of rotatable bonds is 3. The predicted octanol–water partition coefficient (Wildman–Crippen LogP) is 7.54. The van der Waals surface area contributed by atoms with Crippen molar-refractivity contribution in [1.82, 2.24) is 0 Å². The summed E-state index contributed by atoms with van der Waals surface area (Å²) in [7, 11) is -1.91. The van der Waals surface area contributed by atoms with Gasteiger partial charge in [0.2, 0.25) is 0 Å². The van der Waals surface area contributed by atoms with E-state index in [9.17, 15) is 0 Å². The summed E-state index contributed by atoms with van der Waals surface area (Å²) in [6.07, 6.45) is 11.0. The molecule has 0 bridgehead atoms. The van der Waals surface area contributed by atoms with Crippen LogP contribution in [0, 0.1) is 0 Å². The third-order valence-electron chi connectivity index (χ3n) is 7.85. The fourth-order valence-electron chi connectivity index (χ4n) is 7.49. The molecular weight excluding hydrogens is 444 g/mol. The van der Waals surface area contributed by atoms with E-state index in [2.05, 4.69) is 107 Å². The van der Waals surface area contributed by atoms with Gasteiger partial charge < -0.3 is 0 Å². The molecule has 0 spiro atoms. The Kier molecular flexibility index (Phi) is 4.50. The average Bonchev–Trinajstić information content (AvgIpc) is 3.30. The van der Waals surface area contributed by atoms with Crippen molar-refractivity contribution >= 4 is 13.6 Å². The molecule has 29 heavy (non-hydrogen) atoms. The van der Waals surface area contributed by atoms with Crippen LogP contribution >= 0.6 is 0 Å². The van der Waals surface area contributed by atoms with E-state index in [0.717, 1.165) is 0 Å². The second kappa shape index (κ2) is 6.63. The van der Waals surface area contributed by atoms with Crippen LogP contribution in [-0.2, 0) is 24.7 Å². The average molecular weight is 473 g/mol. The first-order valence-corrected chi connectivity index (χ1v) is 14.3. The number of benzene rings is 2. The molecule has 2 aromatic rings. The van der Waals surface area contributed by atoms with E-state index >= 15 is 0 Å². The fraction of sp³-hybridized carbons (Fsp3) is 0.333. The van der Waals surface area contributed by atoms with E-state index in [0.29, 0.717) is 19.2 Å². The molecule has 1 fully saturated rings. The number of allylic oxidation sites excluding steroid dienone is 5. The second-order valence-corrected chi connectivity index (χ2v) is 17.2. The van der Waals surface area contributed by atoms with Gasteiger partial charge in [-0.05, 0) is 0 Å². The molecule has 0 nitrogen and oxygen atoms in total. The van der Waals surface area contributed by atoms with E-state index < -0.39 is 8.07 Å². The third-order valence-corrected chi connectivity index (χ3v) is 17.4. The monoisotopic (exact) mass is 471 g/mol. The van der Waals surface area contributed by atoms with Crippen molar-refractivity contribution in [2.45, 2.75) is 53.4 Å². The minimum atomic E-state index is -1.91. The molecule has 1 saturated heterocycles. The zero-order valence-corrected chi connectivity index (χ0v) is 21.3. The standard InChI is InChI=1S/C27H29Si.Zr/c1-26(2)19-27(3,4)28(26,22-15-9-10-16-22)24-18-21-14-8-11-17-23(21)25(24)20-12-6-5-7-13-20;/h5-18,22H,19H2,1-4H3;. The molecule has 1 heterocycles. The van der Waals surface area contributed by atoms with E-state index in [-0.39, 0.29) is 0 Å². The van der Waals surface area contributed by atoms with Gasteiger partial charge in [-0.25, -0.2) is 0 Å². The van der Waals surface area contributed by atoms with Gasteiger partial charge in [0, 0.05) is 0 Å². The summed E-state index contributed by atoms with van der Waals surface area (Å²) < 4.78 is 0.585. The van der Waals surface area contributed by atoms with Crippen molar-refractivity contribution < 1.29 is 24.7 Å². The van der Waals surface area contributed by atoms with Gasteiger partial charge in [-0.2, -0.15) is 0 Å². The molecule has 1 unspecified atom stereocenters. The molecule has 2 aromatic carbocycles. The van der Waals surface area contributed by atoms with Gasteiger partial charge in [0.1, 0.15) is 0 Å². The first-order chi connectivity index (χ1) is 13.8. The zero-order valence-electron chi connectivity index (χ0n) is 17.9. The Labute approximate surface area is 191 Å². The SMILES string of the molecule is CC1(C)CC(C)(C)[Si]1(C1=C(c2ccccc2)c2ccccc2[CH]1[Zr])C1C=CC=C1. The van der Waals surface area contributed by atoms with Crippen LogP contribution in [0.1, 0.15) is 54.4 Å². The predicted molar refractivity (Wildman–Crippen MR) is 122 cm³/mol. The number of hydrogen-bond donors (Lipinski definition) is 0. The minimum absolute atomic E-state index is 0.395. The summed E-state index contributed by atoms with van der Waals surface area (Å²) >= 11 is 1.64. The maximum absolute atomic E-state index is 2.58. The van der Waals surface area contributed by atoms with Crippen LogP contribution < -0.4 is 0 Å². The Balaban J connectivity index is 1.88. The quantitative estimate of drug-likeness (QED) is 0.405. The normalized spacial score (nSPS) is 25.8. The number of hydrogen-bond acceptors (Lipinski definition) is 0. The second-order valence-electron chi connectivity index (χ2n) is 10.2. The molecular formula is C27H29SiZr. The van der Waals surface area contributed by atoms with Crippen LogP contribution in [0.25, 0.3) is 5.57 Å². The van der Waals surface area contributed by atoms with E-state index in [1.54, 1.807) is 35.9 Å². The molecule has 1 atom stereocenters. The Morgan fingerprint density at radius 3 is 2.03 bits per heavy atom. The van der Waals surface area contributed by atoms with Crippen molar-refractivity contribution in [1.29, 1.82) is 0 Å². The van der Waals surface area contributed by atoms with Crippen LogP contribution in [0.4, 0.5) is 0 Å². The van der Waals surface area contributed by atoms with Gasteiger partial charge in [0.15, 0.2) is 0 Å². The molecule has 0 radical (unpaired) electrons. The Bertz CT molecular complexity index is 1030. The van der Waals surface area contributed by atoms with Crippen molar-refractivity contribution in [3.05, 3.63) is 101 Å². The molecule has 0 N–H and O–H groups in total. The van der Waals surface area contributed by atoms with Gasteiger partial charge >= 0.3 is 193 Å².